The second kappa shape index (κ2) is 9.00. The van der Waals surface area contributed by atoms with Crippen molar-refractivity contribution in [1.29, 1.82) is 0 Å². The maximum absolute atomic E-state index is 13.0. The Balaban J connectivity index is 1.41. The molecule has 32 heavy (non-hydrogen) atoms. The summed E-state index contributed by atoms with van der Waals surface area (Å²) in [6.45, 7) is 3.12. The van der Waals surface area contributed by atoms with Gasteiger partial charge in [0.25, 0.3) is 5.56 Å². The minimum absolute atomic E-state index is 0.207. The lowest BCUT2D eigenvalue weighted by atomic mass is 10.2. The lowest BCUT2D eigenvalue weighted by molar-refractivity contribution is 0.0852. The van der Waals surface area contributed by atoms with Crippen LogP contribution in [0.3, 0.4) is 0 Å². The van der Waals surface area contributed by atoms with E-state index in [1.165, 1.54) is 15.9 Å². The number of nitrogens with zero attached hydrogens (tertiary/aromatic N) is 3. The van der Waals surface area contributed by atoms with E-state index in [1.54, 1.807) is 0 Å². The molecular weight excluding hydrogens is 426 g/mol. The quantitative estimate of drug-likeness (QED) is 0.400. The summed E-state index contributed by atoms with van der Waals surface area (Å²) in [4.78, 5) is 18.0. The van der Waals surface area contributed by atoms with Gasteiger partial charge in [-0.05, 0) is 30.7 Å². The predicted molar refractivity (Wildman–Crippen MR) is 123 cm³/mol. The second-order valence-corrected chi connectivity index (χ2v) is 8.55. The van der Waals surface area contributed by atoms with Gasteiger partial charge in [0.05, 0.1) is 11.1 Å². The SMILES string of the molecule is CCCCCOc1ccccc1/C=c1/sc2nc([C@H]3COc4ccccc4O3)nn2c1=O. The average Bonchev–Trinajstić information content (AvgIpc) is 3.37. The molecule has 0 saturated carbocycles. The molecule has 0 unspecified atom stereocenters. The number of hydrogen-bond acceptors (Lipinski definition) is 7. The molecule has 1 aliphatic heterocycles. The van der Waals surface area contributed by atoms with Crippen molar-refractivity contribution >= 4 is 22.4 Å². The van der Waals surface area contributed by atoms with E-state index in [0.717, 1.165) is 30.6 Å². The van der Waals surface area contributed by atoms with Gasteiger partial charge in [0, 0.05) is 5.56 Å². The van der Waals surface area contributed by atoms with Gasteiger partial charge in [-0.1, -0.05) is 61.4 Å². The van der Waals surface area contributed by atoms with Gasteiger partial charge >= 0.3 is 0 Å². The fourth-order valence-electron chi connectivity index (χ4n) is 3.54. The highest BCUT2D eigenvalue weighted by Crippen LogP contribution is 2.35. The molecule has 0 aliphatic carbocycles. The topological polar surface area (TPSA) is 74.9 Å². The molecule has 2 aromatic heterocycles. The van der Waals surface area contributed by atoms with E-state index < -0.39 is 6.10 Å². The van der Waals surface area contributed by atoms with Crippen molar-refractivity contribution in [3.8, 4) is 17.2 Å². The molecule has 0 spiro atoms. The van der Waals surface area contributed by atoms with Gasteiger partial charge in [0.15, 0.2) is 23.4 Å². The minimum atomic E-state index is -0.457. The molecule has 8 heteroatoms. The number of hydrogen-bond donors (Lipinski definition) is 0. The summed E-state index contributed by atoms with van der Waals surface area (Å²) in [5, 5.41) is 4.41. The van der Waals surface area contributed by atoms with Crippen LogP contribution in [0.1, 0.15) is 43.7 Å². The van der Waals surface area contributed by atoms with E-state index in [2.05, 4.69) is 17.0 Å². The van der Waals surface area contributed by atoms with Gasteiger partial charge in [-0.25, -0.2) is 0 Å². The maximum Gasteiger partial charge on any atom is 0.291 e. The van der Waals surface area contributed by atoms with Gasteiger partial charge in [0.1, 0.15) is 12.4 Å². The van der Waals surface area contributed by atoms with E-state index >= 15 is 0 Å². The van der Waals surface area contributed by atoms with Crippen LogP contribution in [-0.2, 0) is 0 Å². The Morgan fingerprint density at radius 1 is 1.16 bits per heavy atom. The number of unbranched alkanes of at least 4 members (excludes halogenated alkanes) is 2. The summed E-state index contributed by atoms with van der Waals surface area (Å²) in [7, 11) is 0. The molecular formula is C24H23N3O4S. The Morgan fingerprint density at radius 3 is 2.81 bits per heavy atom. The molecule has 5 rings (SSSR count). The lowest BCUT2D eigenvalue weighted by Crippen LogP contribution is -2.26. The maximum atomic E-state index is 13.0. The second-order valence-electron chi connectivity index (χ2n) is 7.54. The molecule has 2 aromatic carbocycles. The van der Waals surface area contributed by atoms with Crippen molar-refractivity contribution in [2.45, 2.75) is 32.3 Å². The summed E-state index contributed by atoms with van der Waals surface area (Å²) in [5.41, 5.74) is 0.660. The van der Waals surface area contributed by atoms with Crippen molar-refractivity contribution in [2.75, 3.05) is 13.2 Å². The van der Waals surface area contributed by atoms with Crippen LogP contribution < -0.4 is 24.3 Å². The molecule has 7 nitrogen and oxygen atoms in total. The highest BCUT2D eigenvalue weighted by atomic mass is 32.1. The van der Waals surface area contributed by atoms with E-state index in [1.807, 2.05) is 54.6 Å². The normalized spacial score (nSPS) is 15.9. The van der Waals surface area contributed by atoms with Gasteiger partial charge in [-0.2, -0.15) is 9.50 Å². The van der Waals surface area contributed by atoms with Crippen molar-refractivity contribution in [2.24, 2.45) is 0 Å². The largest absolute Gasteiger partial charge is 0.493 e. The summed E-state index contributed by atoms with van der Waals surface area (Å²) >= 11 is 1.30. The van der Waals surface area contributed by atoms with Crippen LogP contribution in [0.25, 0.3) is 11.0 Å². The molecule has 3 heterocycles. The Morgan fingerprint density at radius 2 is 1.97 bits per heavy atom. The van der Waals surface area contributed by atoms with Gasteiger partial charge < -0.3 is 14.2 Å². The van der Waals surface area contributed by atoms with Gasteiger partial charge in [0.2, 0.25) is 4.96 Å². The van der Waals surface area contributed by atoms with E-state index in [0.29, 0.717) is 40.0 Å². The third-order valence-electron chi connectivity index (χ3n) is 5.21. The molecule has 0 fully saturated rings. The summed E-state index contributed by atoms with van der Waals surface area (Å²) in [5.74, 6) is 2.55. The van der Waals surface area contributed by atoms with E-state index in [9.17, 15) is 4.79 Å². The first-order chi connectivity index (χ1) is 15.7. The summed E-state index contributed by atoms with van der Waals surface area (Å²) < 4.78 is 19.5. The van der Waals surface area contributed by atoms with Crippen molar-refractivity contribution in [3.63, 3.8) is 0 Å². The average molecular weight is 450 g/mol. The predicted octanol–water partition coefficient (Wildman–Crippen LogP) is 3.78. The molecule has 0 amide bonds. The number of para-hydroxylation sites is 3. The third-order valence-corrected chi connectivity index (χ3v) is 6.17. The molecule has 0 radical (unpaired) electrons. The first-order valence-corrected chi connectivity index (χ1v) is 11.6. The van der Waals surface area contributed by atoms with Crippen LogP contribution in [-0.4, -0.2) is 27.8 Å². The fraction of sp³-hybridized carbons (Fsp3) is 0.292. The number of rotatable bonds is 7. The molecule has 0 bridgehead atoms. The Kier molecular flexibility index (Phi) is 5.77. The van der Waals surface area contributed by atoms with E-state index in [4.69, 9.17) is 14.2 Å². The van der Waals surface area contributed by atoms with Crippen molar-refractivity contribution in [1.82, 2.24) is 14.6 Å². The van der Waals surface area contributed by atoms with Crippen LogP contribution in [0.15, 0.2) is 53.3 Å². The van der Waals surface area contributed by atoms with Crippen molar-refractivity contribution in [3.05, 3.63) is 74.8 Å². The molecule has 164 valence electrons. The molecule has 1 atom stereocenters. The molecule has 0 N–H and O–H groups in total. The zero-order chi connectivity index (χ0) is 21.9. The van der Waals surface area contributed by atoms with Crippen LogP contribution in [0.5, 0.6) is 17.2 Å². The summed E-state index contributed by atoms with van der Waals surface area (Å²) in [6.07, 6.45) is 4.67. The smallest absolute Gasteiger partial charge is 0.291 e. The number of fused-ring (bicyclic) bond motifs is 2. The highest BCUT2D eigenvalue weighted by Gasteiger charge is 2.27. The van der Waals surface area contributed by atoms with Gasteiger partial charge in [-0.15, -0.1) is 5.10 Å². The molecule has 1 aliphatic rings. The zero-order valence-electron chi connectivity index (χ0n) is 17.7. The van der Waals surface area contributed by atoms with Crippen LogP contribution in [0, 0.1) is 0 Å². The highest BCUT2D eigenvalue weighted by molar-refractivity contribution is 7.15. The number of benzene rings is 2. The number of thiazole rings is 1. The first-order valence-electron chi connectivity index (χ1n) is 10.7. The lowest BCUT2D eigenvalue weighted by Gasteiger charge is -2.24. The molecule has 4 aromatic rings. The Labute approximate surface area is 188 Å². The van der Waals surface area contributed by atoms with Gasteiger partial charge in [-0.3, -0.25) is 4.79 Å². The van der Waals surface area contributed by atoms with E-state index in [-0.39, 0.29) is 5.56 Å². The van der Waals surface area contributed by atoms with Crippen LogP contribution >= 0.6 is 11.3 Å². The van der Waals surface area contributed by atoms with Crippen LogP contribution in [0.4, 0.5) is 0 Å². The minimum Gasteiger partial charge on any atom is -0.493 e. The Hall–Kier alpha value is -3.39. The third kappa shape index (κ3) is 4.05. The van der Waals surface area contributed by atoms with Crippen molar-refractivity contribution < 1.29 is 14.2 Å². The molecule has 0 saturated heterocycles. The monoisotopic (exact) mass is 449 g/mol. The van der Waals surface area contributed by atoms with Crippen LogP contribution in [0.2, 0.25) is 0 Å². The Bertz CT molecular complexity index is 1350. The first kappa shape index (κ1) is 20.5. The standard InChI is InChI=1S/C24H23N3O4S/c1-2-3-8-13-29-17-10-5-4-9-16(17)14-21-23(28)27-24(32-21)25-22(26-27)20-15-30-18-11-6-7-12-19(18)31-20/h4-7,9-12,14,20H,2-3,8,13,15H2,1H3/b21-14+/t20-/m1/s1. The fourth-order valence-corrected chi connectivity index (χ4v) is 4.44. The number of ether oxygens (including phenoxy) is 3. The summed E-state index contributed by atoms with van der Waals surface area (Å²) in [6, 6.07) is 15.2. The zero-order valence-corrected chi connectivity index (χ0v) is 18.5. The number of aromatic nitrogens is 3.